The Labute approximate surface area is 151 Å². The van der Waals surface area contributed by atoms with E-state index < -0.39 is 17.7 Å². The number of nitrogens with two attached hydrogens (primary N) is 1. The molecule has 6 heteroatoms. The fraction of sp³-hybridized carbons (Fsp3) is 0.250. The summed E-state index contributed by atoms with van der Waals surface area (Å²) in [6, 6.07) is 9.22. The minimum atomic E-state index is -0.928. The van der Waals surface area contributed by atoms with E-state index in [2.05, 4.69) is 6.58 Å². The van der Waals surface area contributed by atoms with Gasteiger partial charge in [-0.1, -0.05) is 6.08 Å². The molecule has 1 atom stereocenters. The molecule has 0 aromatic heterocycles. The molecule has 2 rings (SSSR count). The summed E-state index contributed by atoms with van der Waals surface area (Å²) in [4.78, 5) is 14.4. The molecule has 2 aromatic rings. The lowest BCUT2D eigenvalue weighted by atomic mass is 10.0. The minimum Gasteiger partial charge on any atom is -0.497 e. The van der Waals surface area contributed by atoms with Gasteiger partial charge in [0.2, 0.25) is 5.91 Å². The van der Waals surface area contributed by atoms with Crippen molar-refractivity contribution >= 4 is 11.6 Å². The predicted molar refractivity (Wildman–Crippen MR) is 98.2 cm³/mol. The van der Waals surface area contributed by atoms with E-state index in [1.54, 1.807) is 42.4 Å². The van der Waals surface area contributed by atoms with Crippen LogP contribution in [0.1, 0.15) is 12.0 Å². The molecule has 0 bridgehead atoms. The van der Waals surface area contributed by atoms with Gasteiger partial charge < -0.3 is 15.4 Å². The number of rotatable bonds is 8. The third-order valence-corrected chi connectivity index (χ3v) is 3.90. The maximum Gasteiger partial charge on any atom is 0.244 e. The molecule has 4 nitrogen and oxygen atoms in total. The van der Waals surface area contributed by atoms with Gasteiger partial charge in [-0.3, -0.25) is 4.79 Å². The number of methoxy groups -OCH3 is 1. The van der Waals surface area contributed by atoms with Crippen molar-refractivity contribution in [3.05, 3.63) is 72.3 Å². The van der Waals surface area contributed by atoms with Gasteiger partial charge in [0.25, 0.3) is 0 Å². The second-order valence-electron chi connectivity index (χ2n) is 5.85. The number of hydrogen-bond donors (Lipinski definition) is 1. The first kappa shape index (κ1) is 19.6. The van der Waals surface area contributed by atoms with Gasteiger partial charge in [0.05, 0.1) is 13.2 Å². The van der Waals surface area contributed by atoms with Crippen molar-refractivity contribution in [3.63, 3.8) is 0 Å². The predicted octanol–water partition coefficient (Wildman–Crippen LogP) is 3.45. The highest BCUT2D eigenvalue weighted by molar-refractivity contribution is 5.97. The van der Waals surface area contributed by atoms with E-state index in [4.69, 9.17) is 10.5 Å². The number of hydrogen-bond acceptors (Lipinski definition) is 3. The van der Waals surface area contributed by atoms with Crippen LogP contribution in [0.25, 0.3) is 0 Å². The zero-order valence-electron chi connectivity index (χ0n) is 14.6. The summed E-state index contributed by atoms with van der Waals surface area (Å²) in [6.45, 7) is 4.08. The lowest BCUT2D eigenvalue weighted by Crippen LogP contribution is -2.45. The number of benzene rings is 2. The van der Waals surface area contributed by atoms with Gasteiger partial charge in [-0.25, -0.2) is 8.78 Å². The maximum atomic E-state index is 13.3. The van der Waals surface area contributed by atoms with Crippen LogP contribution in [-0.2, 0) is 11.2 Å². The molecule has 0 unspecified atom stereocenters. The van der Waals surface area contributed by atoms with E-state index in [0.29, 0.717) is 30.0 Å². The quantitative estimate of drug-likeness (QED) is 0.734. The van der Waals surface area contributed by atoms with Crippen LogP contribution in [0.15, 0.2) is 55.1 Å². The smallest absolute Gasteiger partial charge is 0.244 e. The average Bonchev–Trinajstić information content (AvgIpc) is 2.61. The van der Waals surface area contributed by atoms with Gasteiger partial charge in [0.1, 0.15) is 17.4 Å². The minimum absolute atomic E-state index is 0.0360. The van der Waals surface area contributed by atoms with Crippen molar-refractivity contribution < 1.29 is 18.3 Å². The molecule has 0 aliphatic heterocycles. The van der Waals surface area contributed by atoms with Crippen molar-refractivity contribution in [1.82, 2.24) is 0 Å². The largest absolute Gasteiger partial charge is 0.497 e. The molecule has 1 amide bonds. The van der Waals surface area contributed by atoms with E-state index >= 15 is 0 Å². The van der Waals surface area contributed by atoms with E-state index in [-0.39, 0.29) is 12.3 Å². The number of carbonyl (C=O) groups is 1. The summed E-state index contributed by atoms with van der Waals surface area (Å²) in [5, 5.41) is 0. The molecule has 0 aliphatic carbocycles. The molecule has 2 aromatic carbocycles. The fourth-order valence-electron chi connectivity index (χ4n) is 2.62. The maximum absolute atomic E-state index is 13.3. The van der Waals surface area contributed by atoms with Crippen LogP contribution in [0.2, 0.25) is 0 Å². The van der Waals surface area contributed by atoms with Crippen LogP contribution in [0.3, 0.4) is 0 Å². The highest BCUT2D eigenvalue weighted by Gasteiger charge is 2.23. The molecule has 2 N–H and O–H groups in total. The summed E-state index contributed by atoms with van der Waals surface area (Å²) >= 11 is 0. The van der Waals surface area contributed by atoms with E-state index in [9.17, 15) is 13.6 Å². The van der Waals surface area contributed by atoms with Crippen LogP contribution in [0, 0.1) is 11.6 Å². The summed E-state index contributed by atoms with van der Waals surface area (Å²) in [5.41, 5.74) is 7.03. The Morgan fingerprint density at radius 1 is 1.23 bits per heavy atom. The van der Waals surface area contributed by atoms with Gasteiger partial charge in [-0.05, 0) is 54.8 Å². The lowest BCUT2D eigenvalue weighted by molar-refractivity contribution is -0.119. The highest BCUT2D eigenvalue weighted by Crippen LogP contribution is 2.21. The van der Waals surface area contributed by atoms with Gasteiger partial charge in [0, 0.05) is 18.3 Å². The highest BCUT2D eigenvalue weighted by atomic mass is 19.1. The molecular formula is C20H22F2N2O2. The molecule has 0 radical (unpaired) electrons. The number of carbonyl (C=O) groups excluding carboxylic acids is 1. The Bertz CT molecular complexity index is 743. The van der Waals surface area contributed by atoms with Gasteiger partial charge in [-0.15, -0.1) is 6.58 Å². The molecule has 0 saturated carbocycles. The monoisotopic (exact) mass is 360 g/mol. The van der Waals surface area contributed by atoms with E-state index in [1.165, 1.54) is 12.1 Å². The SMILES string of the molecule is C=CCCN(C(=O)[C@@H](N)Cc1cc(F)cc(F)c1)c1ccc(OC)cc1. The van der Waals surface area contributed by atoms with Crippen molar-refractivity contribution in [2.45, 2.75) is 18.9 Å². The van der Waals surface area contributed by atoms with Gasteiger partial charge >= 0.3 is 0 Å². The summed E-state index contributed by atoms with van der Waals surface area (Å²) in [7, 11) is 1.56. The van der Waals surface area contributed by atoms with Crippen LogP contribution < -0.4 is 15.4 Å². The second kappa shape index (κ2) is 9.10. The van der Waals surface area contributed by atoms with Crippen LogP contribution in [0.4, 0.5) is 14.5 Å². The normalized spacial score (nSPS) is 11.7. The standard InChI is InChI=1S/C20H22F2N2O2/c1-3-4-9-24(17-5-7-18(26-2)8-6-17)20(25)19(23)12-14-10-15(21)13-16(22)11-14/h3,5-8,10-11,13,19H,1,4,9,12,23H2,2H3/t19-/m0/s1. The Hall–Kier alpha value is -2.73. The average molecular weight is 360 g/mol. The van der Waals surface area contributed by atoms with E-state index in [0.717, 1.165) is 6.07 Å². The Balaban J connectivity index is 2.19. The van der Waals surface area contributed by atoms with Crippen LogP contribution in [0.5, 0.6) is 5.75 Å². The molecule has 0 spiro atoms. The number of anilines is 1. The third-order valence-electron chi connectivity index (χ3n) is 3.90. The fourth-order valence-corrected chi connectivity index (χ4v) is 2.62. The van der Waals surface area contributed by atoms with Gasteiger partial charge in [0.15, 0.2) is 0 Å². The van der Waals surface area contributed by atoms with Crippen molar-refractivity contribution in [1.29, 1.82) is 0 Å². The number of nitrogens with zero attached hydrogens (tertiary/aromatic N) is 1. The molecule has 0 aliphatic rings. The first-order valence-corrected chi connectivity index (χ1v) is 8.21. The lowest BCUT2D eigenvalue weighted by Gasteiger charge is -2.26. The molecule has 138 valence electrons. The Morgan fingerprint density at radius 3 is 2.38 bits per heavy atom. The molecule has 0 saturated heterocycles. The summed E-state index contributed by atoms with van der Waals surface area (Å²) < 4.78 is 31.8. The van der Waals surface area contributed by atoms with E-state index in [1.807, 2.05) is 0 Å². The molecule has 0 heterocycles. The number of ether oxygens (including phenoxy) is 1. The molecule has 26 heavy (non-hydrogen) atoms. The van der Waals surface area contributed by atoms with Crippen LogP contribution >= 0.6 is 0 Å². The Kier molecular flexibility index (Phi) is 6.86. The molecule has 0 fully saturated rings. The first-order valence-electron chi connectivity index (χ1n) is 8.21. The zero-order valence-corrected chi connectivity index (χ0v) is 14.6. The Morgan fingerprint density at radius 2 is 1.85 bits per heavy atom. The number of halogens is 2. The van der Waals surface area contributed by atoms with Crippen LogP contribution in [-0.4, -0.2) is 25.6 Å². The van der Waals surface area contributed by atoms with Crippen molar-refractivity contribution in [3.8, 4) is 5.75 Å². The first-order chi connectivity index (χ1) is 12.4. The van der Waals surface area contributed by atoms with Crippen molar-refractivity contribution in [2.75, 3.05) is 18.6 Å². The van der Waals surface area contributed by atoms with Crippen molar-refractivity contribution in [2.24, 2.45) is 5.73 Å². The summed E-state index contributed by atoms with van der Waals surface area (Å²) in [5.74, 6) is -1.05. The zero-order chi connectivity index (χ0) is 19.1. The topological polar surface area (TPSA) is 55.6 Å². The summed E-state index contributed by atoms with van der Waals surface area (Å²) in [6.07, 6.45) is 2.32. The second-order valence-corrected chi connectivity index (χ2v) is 5.85. The third kappa shape index (κ3) is 5.13. The molecular weight excluding hydrogens is 338 g/mol. The van der Waals surface area contributed by atoms with Gasteiger partial charge in [-0.2, -0.15) is 0 Å². The number of amides is 1.